The van der Waals surface area contributed by atoms with E-state index in [0.717, 1.165) is 11.5 Å². The van der Waals surface area contributed by atoms with Crippen molar-refractivity contribution in [3.8, 4) is 6.07 Å². The first-order valence-electron chi connectivity index (χ1n) is 10.2. The summed E-state index contributed by atoms with van der Waals surface area (Å²) >= 11 is 6.37. The van der Waals surface area contributed by atoms with Gasteiger partial charge in [0.2, 0.25) is 0 Å². The maximum absolute atomic E-state index is 13.6. The third kappa shape index (κ3) is 3.97. The normalized spacial score (nSPS) is 16.3. The first-order valence-corrected chi connectivity index (χ1v) is 10.6. The Morgan fingerprint density at radius 1 is 1.33 bits per heavy atom. The molecule has 0 radical (unpaired) electrons. The van der Waals surface area contributed by atoms with E-state index in [1.807, 2.05) is 6.07 Å². The van der Waals surface area contributed by atoms with Crippen LogP contribution in [0.3, 0.4) is 0 Å². The van der Waals surface area contributed by atoms with Gasteiger partial charge in [-0.25, -0.2) is 9.97 Å². The quantitative estimate of drug-likeness (QED) is 0.558. The lowest BCUT2D eigenvalue weighted by molar-refractivity contribution is -0.137. The van der Waals surface area contributed by atoms with Crippen LogP contribution in [0.5, 0.6) is 0 Å². The summed E-state index contributed by atoms with van der Waals surface area (Å²) in [6, 6.07) is 5.10. The first-order chi connectivity index (χ1) is 15.5. The summed E-state index contributed by atoms with van der Waals surface area (Å²) in [5.41, 5.74) is -0.920. The molecule has 11 heteroatoms. The van der Waals surface area contributed by atoms with Crippen molar-refractivity contribution < 1.29 is 18.0 Å². The van der Waals surface area contributed by atoms with Crippen LogP contribution >= 0.6 is 11.6 Å². The van der Waals surface area contributed by atoms with Crippen molar-refractivity contribution in [2.75, 3.05) is 23.4 Å². The summed E-state index contributed by atoms with van der Waals surface area (Å²) in [6.45, 7) is 1.73. The van der Waals surface area contributed by atoms with Crippen molar-refractivity contribution in [1.82, 2.24) is 14.5 Å². The van der Waals surface area contributed by atoms with Gasteiger partial charge in [0.05, 0.1) is 10.6 Å². The van der Waals surface area contributed by atoms with Gasteiger partial charge in [-0.1, -0.05) is 11.6 Å². The SMILES string of the molecule is Cc1cc(C(F)(F)F)c(C#N)c(N2CCC[C@H]2C(=O)N(C)c2cc(Cl)c3ccn(C)c3n2)n1. The van der Waals surface area contributed by atoms with Crippen molar-refractivity contribution in [3.05, 3.63) is 46.2 Å². The van der Waals surface area contributed by atoms with Gasteiger partial charge < -0.3 is 9.47 Å². The number of aromatic nitrogens is 3. The number of halogens is 4. The Kier molecular flexibility index (Phi) is 5.70. The molecule has 0 bridgehead atoms. The second kappa shape index (κ2) is 8.23. The Morgan fingerprint density at radius 3 is 2.73 bits per heavy atom. The molecule has 0 saturated carbocycles. The number of alkyl halides is 3. The van der Waals surface area contributed by atoms with Gasteiger partial charge in [-0.05, 0) is 31.9 Å². The highest BCUT2D eigenvalue weighted by Crippen LogP contribution is 2.38. The number of anilines is 2. The van der Waals surface area contributed by atoms with E-state index in [0.29, 0.717) is 35.9 Å². The Balaban J connectivity index is 1.73. The minimum atomic E-state index is -4.71. The van der Waals surface area contributed by atoms with E-state index < -0.39 is 23.3 Å². The zero-order chi connectivity index (χ0) is 24.1. The van der Waals surface area contributed by atoms with Crippen molar-refractivity contribution in [2.24, 2.45) is 7.05 Å². The fraction of sp³-hybridized carbons (Fsp3) is 0.364. The summed E-state index contributed by atoms with van der Waals surface area (Å²) in [4.78, 5) is 25.0. The van der Waals surface area contributed by atoms with Crippen molar-refractivity contribution in [3.63, 3.8) is 0 Å². The minimum Gasteiger partial charge on any atom is -0.343 e. The number of fused-ring (bicyclic) bond motifs is 1. The maximum Gasteiger partial charge on any atom is 0.417 e. The van der Waals surface area contributed by atoms with Crippen molar-refractivity contribution in [2.45, 2.75) is 32.0 Å². The molecule has 4 heterocycles. The predicted molar refractivity (Wildman–Crippen MR) is 118 cm³/mol. The van der Waals surface area contributed by atoms with Crippen LogP contribution in [0.2, 0.25) is 5.02 Å². The van der Waals surface area contributed by atoms with Gasteiger partial charge in [-0.2, -0.15) is 18.4 Å². The van der Waals surface area contributed by atoms with Crippen LogP contribution in [0, 0.1) is 18.3 Å². The molecule has 3 aromatic rings. The van der Waals surface area contributed by atoms with Gasteiger partial charge in [-0.15, -0.1) is 0 Å². The number of pyridine rings is 2. The van der Waals surface area contributed by atoms with Gasteiger partial charge in [0, 0.05) is 44.0 Å². The van der Waals surface area contributed by atoms with E-state index >= 15 is 0 Å². The van der Waals surface area contributed by atoms with E-state index in [9.17, 15) is 23.2 Å². The molecule has 7 nitrogen and oxygen atoms in total. The summed E-state index contributed by atoms with van der Waals surface area (Å²) in [7, 11) is 3.35. The molecular formula is C22H20ClF3N6O. The smallest absolute Gasteiger partial charge is 0.343 e. The molecule has 3 aromatic heterocycles. The lowest BCUT2D eigenvalue weighted by Gasteiger charge is -2.30. The number of nitrogens with zero attached hydrogens (tertiary/aromatic N) is 6. The summed E-state index contributed by atoms with van der Waals surface area (Å²) in [6.07, 6.45) is -1.93. The van der Waals surface area contributed by atoms with Crippen LogP contribution in [0.4, 0.5) is 24.8 Å². The van der Waals surface area contributed by atoms with Gasteiger partial charge >= 0.3 is 6.18 Å². The topological polar surface area (TPSA) is 78.0 Å². The number of hydrogen-bond acceptors (Lipinski definition) is 5. The molecule has 1 aliphatic rings. The fourth-order valence-electron chi connectivity index (χ4n) is 4.16. The summed E-state index contributed by atoms with van der Waals surface area (Å²) in [5, 5.41) is 10.7. The Hall–Kier alpha value is -3.32. The molecular weight excluding hydrogens is 457 g/mol. The van der Waals surface area contributed by atoms with E-state index in [1.165, 1.54) is 16.7 Å². The minimum absolute atomic E-state index is 0.116. The standard InChI is InChI=1S/C22H20ClF3N6O/c1-12-9-15(22(24,25)26)14(11-27)20(28-12)32-7-4-5-17(32)21(33)31(3)18-10-16(23)13-6-8-30(2)19(13)29-18/h6,8-10,17H,4-5,7H2,1-3H3/t17-/m0/s1. The monoisotopic (exact) mass is 476 g/mol. The molecule has 33 heavy (non-hydrogen) atoms. The third-order valence-electron chi connectivity index (χ3n) is 5.80. The van der Waals surface area contributed by atoms with Crippen LogP contribution in [-0.2, 0) is 18.0 Å². The summed E-state index contributed by atoms with van der Waals surface area (Å²) < 4.78 is 42.5. The second-order valence-electron chi connectivity index (χ2n) is 7.99. The van der Waals surface area contributed by atoms with Crippen molar-refractivity contribution in [1.29, 1.82) is 5.26 Å². The Bertz CT molecular complexity index is 1300. The molecule has 4 rings (SSSR count). The lowest BCUT2D eigenvalue weighted by Crippen LogP contribution is -2.45. The number of amides is 1. The Labute approximate surface area is 193 Å². The van der Waals surface area contributed by atoms with E-state index in [-0.39, 0.29) is 17.4 Å². The molecule has 0 aliphatic carbocycles. The zero-order valence-corrected chi connectivity index (χ0v) is 18.9. The number of nitriles is 1. The second-order valence-corrected chi connectivity index (χ2v) is 8.40. The van der Waals surface area contributed by atoms with E-state index in [4.69, 9.17) is 11.6 Å². The third-order valence-corrected chi connectivity index (χ3v) is 6.12. The highest BCUT2D eigenvalue weighted by molar-refractivity contribution is 6.35. The van der Waals surface area contributed by atoms with Gasteiger partial charge in [0.1, 0.15) is 35.0 Å². The molecule has 1 fully saturated rings. The molecule has 1 atom stereocenters. The van der Waals surface area contributed by atoms with Gasteiger partial charge in [0.15, 0.2) is 0 Å². The fourth-order valence-corrected chi connectivity index (χ4v) is 4.41. The average Bonchev–Trinajstić information content (AvgIpc) is 3.39. The number of carbonyl (C=O) groups excluding carboxylic acids is 1. The molecule has 0 spiro atoms. The largest absolute Gasteiger partial charge is 0.417 e. The van der Waals surface area contributed by atoms with Crippen LogP contribution in [0.15, 0.2) is 24.4 Å². The Morgan fingerprint density at radius 2 is 2.06 bits per heavy atom. The summed E-state index contributed by atoms with van der Waals surface area (Å²) in [5.74, 6) is -0.178. The maximum atomic E-state index is 13.6. The molecule has 0 aromatic carbocycles. The predicted octanol–water partition coefficient (Wildman–Crippen LogP) is 4.45. The molecule has 1 aliphatic heterocycles. The highest BCUT2D eigenvalue weighted by atomic mass is 35.5. The van der Waals surface area contributed by atoms with Crippen LogP contribution < -0.4 is 9.80 Å². The molecule has 1 amide bonds. The lowest BCUT2D eigenvalue weighted by atomic mass is 10.1. The molecule has 1 saturated heterocycles. The number of aryl methyl sites for hydroxylation is 2. The van der Waals surface area contributed by atoms with E-state index in [1.54, 1.807) is 37.0 Å². The van der Waals surface area contributed by atoms with Crippen LogP contribution in [0.1, 0.15) is 29.7 Å². The molecule has 0 N–H and O–H groups in total. The van der Waals surface area contributed by atoms with Crippen molar-refractivity contribution >= 4 is 40.2 Å². The van der Waals surface area contributed by atoms with Crippen LogP contribution in [-0.4, -0.2) is 40.1 Å². The van der Waals surface area contributed by atoms with Gasteiger partial charge in [-0.3, -0.25) is 9.69 Å². The van der Waals surface area contributed by atoms with Crippen LogP contribution in [0.25, 0.3) is 11.0 Å². The first kappa shape index (κ1) is 22.9. The molecule has 172 valence electrons. The van der Waals surface area contributed by atoms with Gasteiger partial charge in [0.25, 0.3) is 5.91 Å². The highest BCUT2D eigenvalue weighted by Gasteiger charge is 2.40. The zero-order valence-electron chi connectivity index (χ0n) is 18.1. The number of rotatable bonds is 3. The molecule has 0 unspecified atom stereocenters. The number of likely N-dealkylation sites (N-methyl/N-ethyl adjacent to an activating group) is 1. The average molecular weight is 477 g/mol. The number of carbonyl (C=O) groups is 1. The van der Waals surface area contributed by atoms with E-state index in [2.05, 4.69) is 9.97 Å². The number of hydrogen-bond donors (Lipinski definition) is 0.